The molecule has 1 unspecified atom stereocenters. The maximum absolute atomic E-state index is 9.34. The summed E-state index contributed by atoms with van der Waals surface area (Å²) >= 11 is 0. The highest BCUT2D eigenvalue weighted by Gasteiger charge is 1.92. The molecule has 1 aromatic rings. The van der Waals surface area contributed by atoms with Crippen molar-refractivity contribution in [3.8, 4) is 0 Å². The van der Waals surface area contributed by atoms with Gasteiger partial charge in [-0.15, -0.1) is 0 Å². The Kier molecular flexibility index (Phi) is 7.27. The second kappa shape index (κ2) is 7.99. The van der Waals surface area contributed by atoms with Gasteiger partial charge in [0.25, 0.3) is 0 Å². The predicted octanol–water partition coefficient (Wildman–Crippen LogP) is -0.781. The number of aliphatic hydroxyl groups excluding tert-OH is 1. The SMILES string of the molecule is CC(O)C(=O)[O-].CCCC[n+]1cc[nH]c1. The molecule has 1 aromatic heterocycles. The summed E-state index contributed by atoms with van der Waals surface area (Å²) < 4.78 is 2.16. The molecule has 1 rings (SSSR count). The van der Waals surface area contributed by atoms with E-state index in [4.69, 9.17) is 5.11 Å². The van der Waals surface area contributed by atoms with Gasteiger partial charge in [0, 0.05) is 0 Å². The van der Waals surface area contributed by atoms with Crippen LogP contribution in [0.1, 0.15) is 26.7 Å². The number of aromatic nitrogens is 2. The zero-order chi connectivity index (χ0) is 11.7. The molecule has 0 saturated heterocycles. The van der Waals surface area contributed by atoms with Crippen LogP contribution < -0.4 is 9.67 Å². The van der Waals surface area contributed by atoms with E-state index in [0.29, 0.717) is 0 Å². The average molecular weight is 214 g/mol. The van der Waals surface area contributed by atoms with Gasteiger partial charge in [0.1, 0.15) is 12.4 Å². The summed E-state index contributed by atoms with van der Waals surface area (Å²) in [5, 5.41) is 17.3. The Morgan fingerprint density at radius 2 is 2.27 bits per heavy atom. The van der Waals surface area contributed by atoms with Gasteiger partial charge in [-0.1, -0.05) is 13.3 Å². The van der Waals surface area contributed by atoms with Gasteiger partial charge >= 0.3 is 0 Å². The molecule has 0 aromatic carbocycles. The van der Waals surface area contributed by atoms with Gasteiger partial charge in [-0.25, -0.2) is 4.57 Å². The number of hydrogen-bond donors (Lipinski definition) is 2. The lowest BCUT2D eigenvalue weighted by atomic mass is 10.3. The van der Waals surface area contributed by atoms with Gasteiger partial charge in [0.2, 0.25) is 6.33 Å². The number of aromatic amines is 1. The first-order chi connectivity index (χ1) is 7.07. The molecule has 15 heavy (non-hydrogen) atoms. The maximum Gasteiger partial charge on any atom is 0.241 e. The number of aliphatic carboxylic acids is 1. The third-order valence-electron chi connectivity index (χ3n) is 1.71. The van der Waals surface area contributed by atoms with Gasteiger partial charge in [-0.2, -0.15) is 0 Å². The van der Waals surface area contributed by atoms with E-state index in [1.165, 1.54) is 12.8 Å². The van der Waals surface area contributed by atoms with Crippen molar-refractivity contribution >= 4 is 5.97 Å². The molecule has 0 fully saturated rings. The molecule has 86 valence electrons. The molecular formula is C10H18N2O3. The zero-order valence-corrected chi connectivity index (χ0v) is 9.14. The highest BCUT2D eigenvalue weighted by Crippen LogP contribution is 1.84. The molecule has 0 aliphatic carbocycles. The molecule has 0 amide bonds. The Hall–Kier alpha value is -1.36. The topological polar surface area (TPSA) is 80.0 Å². The summed E-state index contributed by atoms with van der Waals surface area (Å²) in [5.41, 5.74) is 0. The minimum atomic E-state index is -1.44. The fourth-order valence-corrected chi connectivity index (χ4v) is 0.800. The Labute approximate surface area is 89.4 Å². The summed E-state index contributed by atoms with van der Waals surface area (Å²) in [5.74, 6) is -1.44. The summed E-state index contributed by atoms with van der Waals surface area (Å²) in [4.78, 5) is 12.3. The summed E-state index contributed by atoms with van der Waals surface area (Å²) in [6.07, 6.45) is 7.16. The zero-order valence-electron chi connectivity index (χ0n) is 9.14. The van der Waals surface area contributed by atoms with Crippen LogP contribution in [0.3, 0.4) is 0 Å². The lowest BCUT2D eigenvalue weighted by Gasteiger charge is -2.00. The van der Waals surface area contributed by atoms with Gasteiger partial charge < -0.3 is 15.0 Å². The first kappa shape index (κ1) is 13.6. The number of carboxylic acids is 1. The number of nitrogens with one attached hydrogen (secondary N) is 1. The van der Waals surface area contributed by atoms with E-state index in [0.717, 1.165) is 13.5 Å². The molecule has 0 radical (unpaired) electrons. The Bertz CT molecular complexity index is 258. The number of rotatable bonds is 4. The molecule has 0 aliphatic heterocycles. The summed E-state index contributed by atoms with van der Waals surface area (Å²) in [6.45, 7) is 4.47. The van der Waals surface area contributed by atoms with E-state index in [-0.39, 0.29) is 0 Å². The molecule has 2 N–H and O–H groups in total. The molecule has 5 heteroatoms. The Morgan fingerprint density at radius 3 is 2.60 bits per heavy atom. The van der Waals surface area contributed by atoms with E-state index >= 15 is 0 Å². The molecule has 0 spiro atoms. The van der Waals surface area contributed by atoms with Gasteiger partial charge in [0.15, 0.2) is 0 Å². The molecule has 0 saturated carbocycles. The number of H-pyrrole nitrogens is 1. The number of hydrogen-bond acceptors (Lipinski definition) is 3. The van der Waals surface area contributed by atoms with Gasteiger partial charge in [-0.05, 0) is 13.3 Å². The molecule has 1 atom stereocenters. The van der Waals surface area contributed by atoms with Crippen molar-refractivity contribution < 1.29 is 19.6 Å². The third kappa shape index (κ3) is 7.69. The van der Waals surface area contributed by atoms with Crippen LogP contribution in [0.4, 0.5) is 0 Å². The van der Waals surface area contributed by atoms with Crippen LogP contribution in [0.2, 0.25) is 0 Å². The van der Waals surface area contributed by atoms with Crippen LogP contribution in [0.25, 0.3) is 0 Å². The highest BCUT2D eigenvalue weighted by molar-refractivity contribution is 5.68. The lowest BCUT2D eigenvalue weighted by molar-refractivity contribution is -0.696. The minimum absolute atomic E-state index is 1.13. The van der Waals surface area contributed by atoms with Gasteiger partial charge in [-0.3, -0.25) is 4.98 Å². The average Bonchev–Trinajstić information content (AvgIpc) is 2.68. The third-order valence-corrected chi connectivity index (χ3v) is 1.71. The van der Waals surface area contributed by atoms with E-state index in [1.807, 2.05) is 12.5 Å². The second-order valence-electron chi connectivity index (χ2n) is 3.20. The van der Waals surface area contributed by atoms with Crippen molar-refractivity contribution in [3.05, 3.63) is 18.7 Å². The van der Waals surface area contributed by atoms with E-state index < -0.39 is 12.1 Å². The second-order valence-corrected chi connectivity index (χ2v) is 3.20. The van der Waals surface area contributed by atoms with Crippen molar-refractivity contribution in [2.75, 3.05) is 0 Å². The number of aliphatic hydroxyl groups is 1. The van der Waals surface area contributed by atoms with Gasteiger partial charge in [0.05, 0.1) is 18.6 Å². The predicted molar refractivity (Wildman–Crippen MR) is 52.6 cm³/mol. The number of nitrogens with zero attached hydrogens (tertiary/aromatic N) is 1. The number of carbonyl (C=O) groups is 1. The smallest absolute Gasteiger partial charge is 0.241 e. The van der Waals surface area contributed by atoms with E-state index in [2.05, 4.69) is 22.7 Å². The number of carbonyl (C=O) groups excluding carboxylic acids is 1. The first-order valence-electron chi connectivity index (χ1n) is 4.98. The fourth-order valence-electron chi connectivity index (χ4n) is 0.800. The van der Waals surface area contributed by atoms with Crippen LogP contribution in [-0.2, 0) is 11.3 Å². The quantitative estimate of drug-likeness (QED) is 0.645. The van der Waals surface area contributed by atoms with E-state index in [1.54, 1.807) is 0 Å². The van der Waals surface area contributed by atoms with Crippen molar-refractivity contribution in [2.45, 2.75) is 39.3 Å². The Morgan fingerprint density at radius 1 is 1.67 bits per heavy atom. The van der Waals surface area contributed by atoms with Crippen LogP contribution in [0, 0.1) is 0 Å². The van der Waals surface area contributed by atoms with Crippen LogP contribution >= 0.6 is 0 Å². The van der Waals surface area contributed by atoms with E-state index in [9.17, 15) is 9.90 Å². The normalized spacial score (nSPS) is 11.4. The van der Waals surface area contributed by atoms with Crippen LogP contribution in [0.5, 0.6) is 0 Å². The Balaban J connectivity index is 0.000000288. The largest absolute Gasteiger partial charge is 0.547 e. The number of imidazole rings is 1. The molecule has 1 heterocycles. The number of unbranched alkanes of at least 4 members (excludes halogenated alkanes) is 1. The number of carboxylic acid groups (broad SMARTS) is 1. The van der Waals surface area contributed by atoms with Crippen molar-refractivity contribution in [3.63, 3.8) is 0 Å². The fraction of sp³-hybridized carbons (Fsp3) is 0.600. The molecule has 0 bridgehead atoms. The first-order valence-corrected chi connectivity index (χ1v) is 4.98. The molecule has 0 aliphatic rings. The molecule has 5 nitrogen and oxygen atoms in total. The van der Waals surface area contributed by atoms with Crippen molar-refractivity contribution in [1.29, 1.82) is 0 Å². The monoisotopic (exact) mass is 214 g/mol. The summed E-state index contributed by atoms with van der Waals surface area (Å²) in [7, 11) is 0. The number of aryl methyl sites for hydroxylation is 1. The molecular weight excluding hydrogens is 196 g/mol. The van der Waals surface area contributed by atoms with Crippen molar-refractivity contribution in [1.82, 2.24) is 4.98 Å². The standard InChI is InChI=1S/C7H12N2.C3H6O3/c1-2-3-5-9-6-4-8-7-9;1-2(4)3(5)6/h4,6-7H,2-3,5H2,1H3;2,4H,1H3,(H,5,6). The van der Waals surface area contributed by atoms with Crippen LogP contribution in [0.15, 0.2) is 18.7 Å². The highest BCUT2D eigenvalue weighted by atomic mass is 16.4. The maximum atomic E-state index is 9.34. The van der Waals surface area contributed by atoms with Crippen molar-refractivity contribution in [2.24, 2.45) is 0 Å². The minimum Gasteiger partial charge on any atom is -0.547 e. The summed E-state index contributed by atoms with van der Waals surface area (Å²) in [6, 6.07) is 0. The lowest BCUT2D eigenvalue weighted by Crippen LogP contribution is -2.32. The van der Waals surface area contributed by atoms with Crippen LogP contribution in [-0.4, -0.2) is 22.2 Å².